The molecule has 0 fully saturated rings. The van der Waals surface area contributed by atoms with Crippen molar-refractivity contribution in [1.29, 1.82) is 0 Å². The van der Waals surface area contributed by atoms with E-state index in [0.717, 1.165) is 11.3 Å². The van der Waals surface area contributed by atoms with E-state index in [-0.39, 0.29) is 12.5 Å². The summed E-state index contributed by atoms with van der Waals surface area (Å²) in [5.74, 6) is -0.352. The zero-order valence-electron chi connectivity index (χ0n) is 9.12. The number of hydrogen-bond donors (Lipinski definition) is 1. The van der Waals surface area contributed by atoms with Gasteiger partial charge in [0.05, 0.1) is 12.2 Å². The highest BCUT2D eigenvalue weighted by molar-refractivity contribution is 6.30. The van der Waals surface area contributed by atoms with Crippen molar-refractivity contribution in [3.05, 3.63) is 16.4 Å². The van der Waals surface area contributed by atoms with Gasteiger partial charge in [-0.2, -0.15) is 5.10 Å². The van der Waals surface area contributed by atoms with Gasteiger partial charge in [-0.25, -0.2) is 0 Å². The van der Waals surface area contributed by atoms with Gasteiger partial charge in [-0.15, -0.1) is 0 Å². The molecule has 0 saturated heterocycles. The molecular weight excluding hydrogens is 216 g/mol. The summed E-state index contributed by atoms with van der Waals surface area (Å²) in [6, 6.07) is 0. The fraction of sp³-hybridized carbons (Fsp3) is 0.556. The highest BCUT2D eigenvalue weighted by Crippen LogP contribution is 2.19. The molecule has 1 aromatic heterocycles. The van der Waals surface area contributed by atoms with Crippen LogP contribution < -0.4 is 5.73 Å². The molecule has 0 unspecified atom stereocenters. The molecule has 84 valence electrons. The Hall–Kier alpha value is -1.07. The van der Waals surface area contributed by atoms with Gasteiger partial charge in [0.15, 0.2) is 0 Å². The van der Waals surface area contributed by atoms with Crippen LogP contribution in [0.15, 0.2) is 0 Å². The average Bonchev–Trinajstić information content (AvgIpc) is 2.31. The van der Waals surface area contributed by atoms with Gasteiger partial charge < -0.3 is 5.73 Å². The van der Waals surface area contributed by atoms with Crippen LogP contribution in [0.4, 0.5) is 0 Å². The van der Waals surface area contributed by atoms with E-state index in [1.807, 2.05) is 14.0 Å². The molecule has 0 saturated carbocycles. The van der Waals surface area contributed by atoms with E-state index in [1.54, 1.807) is 16.6 Å². The van der Waals surface area contributed by atoms with Crippen LogP contribution in [0.25, 0.3) is 0 Å². The van der Waals surface area contributed by atoms with Gasteiger partial charge in [-0.3, -0.25) is 14.4 Å². The first-order valence-electron chi connectivity index (χ1n) is 4.56. The normalized spacial score (nSPS) is 11.0. The quantitative estimate of drug-likeness (QED) is 0.809. The molecule has 6 heteroatoms. The fourth-order valence-corrected chi connectivity index (χ4v) is 1.68. The van der Waals surface area contributed by atoms with Crippen LogP contribution in [0, 0.1) is 6.92 Å². The standard InChI is InChI=1S/C9H15ClN4O/c1-6-7(9(10)14(3)12-6)4-13(2)5-8(11)15/h4-5H2,1-3H3,(H2,11,15). The molecule has 2 N–H and O–H groups in total. The van der Waals surface area contributed by atoms with Gasteiger partial charge in [0, 0.05) is 19.2 Å². The predicted molar refractivity (Wildman–Crippen MR) is 58.5 cm³/mol. The van der Waals surface area contributed by atoms with Crippen LogP contribution in [-0.4, -0.2) is 34.2 Å². The van der Waals surface area contributed by atoms with Gasteiger partial charge in [0.2, 0.25) is 5.91 Å². The van der Waals surface area contributed by atoms with E-state index in [0.29, 0.717) is 11.7 Å². The van der Waals surface area contributed by atoms with Crippen molar-refractivity contribution < 1.29 is 4.79 Å². The van der Waals surface area contributed by atoms with Crippen LogP contribution >= 0.6 is 11.6 Å². The second kappa shape index (κ2) is 4.63. The minimum absolute atomic E-state index is 0.213. The lowest BCUT2D eigenvalue weighted by Crippen LogP contribution is -2.30. The summed E-state index contributed by atoms with van der Waals surface area (Å²) in [6.07, 6.45) is 0. The average molecular weight is 231 g/mol. The molecular formula is C9H15ClN4O. The minimum atomic E-state index is -0.352. The second-order valence-electron chi connectivity index (χ2n) is 3.62. The first-order chi connectivity index (χ1) is 6.91. The summed E-state index contributed by atoms with van der Waals surface area (Å²) in [6.45, 7) is 2.67. The Balaban J connectivity index is 2.76. The molecule has 15 heavy (non-hydrogen) atoms. The van der Waals surface area contributed by atoms with Crippen molar-refractivity contribution in [2.75, 3.05) is 13.6 Å². The van der Waals surface area contributed by atoms with Crippen molar-refractivity contribution in [1.82, 2.24) is 14.7 Å². The van der Waals surface area contributed by atoms with Crippen LogP contribution in [0.2, 0.25) is 5.15 Å². The Morgan fingerprint density at radius 1 is 1.67 bits per heavy atom. The van der Waals surface area contributed by atoms with Crippen molar-refractivity contribution in [3.63, 3.8) is 0 Å². The summed E-state index contributed by atoms with van der Waals surface area (Å²) in [5, 5.41) is 4.79. The number of nitrogens with two attached hydrogens (primary N) is 1. The van der Waals surface area contributed by atoms with E-state index in [4.69, 9.17) is 17.3 Å². The van der Waals surface area contributed by atoms with Gasteiger partial charge in [0.1, 0.15) is 5.15 Å². The van der Waals surface area contributed by atoms with E-state index in [9.17, 15) is 4.79 Å². The number of halogens is 1. The lowest BCUT2D eigenvalue weighted by Gasteiger charge is -2.13. The fourth-order valence-electron chi connectivity index (χ4n) is 1.45. The Morgan fingerprint density at radius 3 is 2.67 bits per heavy atom. The molecule has 0 radical (unpaired) electrons. The number of amides is 1. The van der Waals surface area contributed by atoms with Crippen molar-refractivity contribution in [2.45, 2.75) is 13.5 Å². The number of primary amides is 1. The van der Waals surface area contributed by atoms with E-state index >= 15 is 0 Å². The largest absolute Gasteiger partial charge is 0.369 e. The molecule has 1 heterocycles. The smallest absolute Gasteiger partial charge is 0.231 e. The van der Waals surface area contributed by atoms with E-state index in [2.05, 4.69) is 5.10 Å². The number of likely N-dealkylation sites (N-methyl/N-ethyl adjacent to an activating group) is 1. The van der Waals surface area contributed by atoms with E-state index in [1.165, 1.54) is 0 Å². The summed E-state index contributed by atoms with van der Waals surface area (Å²) in [7, 11) is 3.60. The lowest BCUT2D eigenvalue weighted by atomic mass is 10.2. The molecule has 0 aromatic carbocycles. The zero-order valence-corrected chi connectivity index (χ0v) is 9.88. The molecule has 0 aliphatic heterocycles. The van der Waals surface area contributed by atoms with Crippen LogP contribution in [0.3, 0.4) is 0 Å². The number of nitrogens with zero attached hydrogens (tertiary/aromatic N) is 3. The maximum Gasteiger partial charge on any atom is 0.231 e. The maximum atomic E-state index is 10.7. The third kappa shape index (κ3) is 2.94. The van der Waals surface area contributed by atoms with Crippen molar-refractivity contribution in [2.24, 2.45) is 12.8 Å². The molecule has 0 aliphatic carbocycles. The number of aryl methyl sites for hydroxylation is 2. The Labute approximate surface area is 93.8 Å². The first-order valence-corrected chi connectivity index (χ1v) is 4.94. The van der Waals surface area contributed by atoms with Crippen molar-refractivity contribution >= 4 is 17.5 Å². The Bertz CT molecular complexity index is 374. The molecule has 1 rings (SSSR count). The summed E-state index contributed by atoms with van der Waals surface area (Å²) < 4.78 is 1.62. The summed E-state index contributed by atoms with van der Waals surface area (Å²) >= 11 is 6.05. The summed E-state index contributed by atoms with van der Waals surface area (Å²) in [5.41, 5.74) is 6.90. The molecule has 0 aliphatic rings. The first kappa shape index (κ1) is 12.0. The minimum Gasteiger partial charge on any atom is -0.369 e. The summed E-state index contributed by atoms with van der Waals surface area (Å²) in [4.78, 5) is 12.5. The van der Waals surface area contributed by atoms with Crippen LogP contribution in [-0.2, 0) is 18.4 Å². The maximum absolute atomic E-state index is 10.7. The van der Waals surface area contributed by atoms with Crippen LogP contribution in [0.5, 0.6) is 0 Å². The van der Waals surface area contributed by atoms with Crippen molar-refractivity contribution in [3.8, 4) is 0 Å². The molecule has 0 bridgehead atoms. The lowest BCUT2D eigenvalue weighted by molar-refractivity contribution is -0.118. The topological polar surface area (TPSA) is 64.2 Å². The molecule has 0 atom stereocenters. The number of carbonyl (C=O) groups is 1. The van der Waals surface area contributed by atoms with Crippen LogP contribution in [0.1, 0.15) is 11.3 Å². The highest BCUT2D eigenvalue weighted by Gasteiger charge is 2.13. The number of aromatic nitrogens is 2. The van der Waals surface area contributed by atoms with Gasteiger partial charge in [-0.1, -0.05) is 11.6 Å². The third-order valence-corrected chi connectivity index (χ3v) is 2.60. The Kier molecular flexibility index (Phi) is 3.71. The second-order valence-corrected chi connectivity index (χ2v) is 3.97. The van der Waals surface area contributed by atoms with Gasteiger partial charge in [-0.05, 0) is 14.0 Å². The zero-order chi connectivity index (χ0) is 11.6. The molecule has 1 aromatic rings. The molecule has 5 nitrogen and oxygen atoms in total. The SMILES string of the molecule is Cc1nn(C)c(Cl)c1CN(C)CC(N)=O. The van der Waals surface area contributed by atoms with Gasteiger partial charge in [0.25, 0.3) is 0 Å². The monoisotopic (exact) mass is 230 g/mol. The highest BCUT2D eigenvalue weighted by atomic mass is 35.5. The number of carbonyl (C=O) groups excluding carboxylic acids is 1. The molecule has 0 spiro atoms. The van der Waals surface area contributed by atoms with E-state index < -0.39 is 0 Å². The Morgan fingerprint density at radius 2 is 2.27 bits per heavy atom. The predicted octanol–water partition coefficient (Wildman–Crippen LogP) is 0.299. The molecule has 1 amide bonds. The third-order valence-electron chi connectivity index (χ3n) is 2.12. The van der Waals surface area contributed by atoms with Gasteiger partial charge >= 0.3 is 0 Å². The number of rotatable bonds is 4. The number of hydrogen-bond acceptors (Lipinski definition) is 3.